The molecule has 0 radical (unpaired) electrons. The lowest BCUT2D eigenvalue weighted by Gasteiger charge is -2.31. The first-order chi connectivity index (χ1) is 18.5. The van der Waals surface area contributed by atoms with Gasteiger partial charge >= 0.3 is 0 Å². The highest BCUT2D eigenvalue weighted by atomic mass is 16.3. The largest absolute Gasteiger partial charge is 0.395 e. The van der Waals surface area contributed by atoms with E-state index >= 15 is 0 Å². The molecule has 2 aliphatic heterocycles. The number of aromatic nitrogens is 2. The number of likely N-dealkylation sites (N-methyl/N-ethyl adjacent to an activating group) is 1. The van der Waals surface area contributed by atoms with Gasteiger partial charge in [0.25, 0.3) is 0 Å². The third kappa shape index (κ3) is 5.90. The van der Waals surface area contributed by atoms with Crippen LogP contribution in [0, 0.1) is 0 Å². The van der Waals surface area contributed by atoms with Crippen molar-refractivity contribution >= 4 is 23.1 Å². The molecule has 0 atom stereocenters. The first-order valence-corrected chi connectivity index (χ1v) is 13.5. The summed E-state index contributed by atoms with van der Waals surface area (Å²) in [7, 11) is 2.13. The molecule has 0 aliphatic carbocycles. The Balaban J connectivity index is 1.44. The third-order valence-electron chi connectivity index (χ3n) is 7.44. The Morgan fingerprint density at radius 1 is 1.00 bits per heavy atom. The molecule has 3 aromatic rings. The summed E-state index contributed by atoms with van der Waals surface area (Å²) in [5, 5.41) is 13.4. The lowest BCUT2D eigenvalue weighted by Crippen LogP contribution is -2.33. The Bertz CT molecular complexity index is 1300. The molecule has 2 aliphatic rings. The van der Waals surface area contributed by atoms with Gasteiger partial charge in [-0.1, -0.05) is 42.0 Å². The van der Waals surface area contributed by atoms with Crippen LogP contribution in [-0.2, 0) is 19.5 Å². The van der Waals surface area contributed by atoms with Crippen LogP contribution >= 0.6 is 0 Å². The maximum Gasteiger partial charge on any atom is 0.229 e. The highest BCUT2D eigenvalue weighted by Gasteiger charge is 2.24. The van der Waals surface area contributed by atoms with Crippen LogP contribution in [0.15, 0.2) is 78.1 Å². The van der Waals surface area contributed by atoms with E-state index in [2.05, 4.69) is 89.6 Å². The van der Waals surface area contributed by atoms with Gasteiger partial charge in [0.1, 0.15) is 5.82 Å². The van der Waals surface area contributed by atoms with Crippen molar-refractivity contribution in [3.63, 3.8) is 0 Å². The number of aliphatic hydroxyl groups excluding tert-OH is 1. The molecule has 2 N–H and O–H groups in total. The second-order valence-electron chi connectivity index (χ2n) is 10.2. The average Bonchev–Trinajstić information content (AvgIpc) is 3.09. The molecular weight excluding hydrogens is 472 g/mol. The minimum atomic E-state index is 0.0595. The minimum absolute atomic E-state index is 0.0595. The molecule has 5 rings (SSSR count). The van der Waals surface area contributed by atoms with Gasteiger partial charge in [-0.2, -0.15) is 4.98 Å². The van der Waals surface area contributed by atoms with E-state index in [0.29, 0.717) is 19.0 Å². The summed E-state index contributed by atoms with van der Waals surface area (Å²) < 4.78 is 0. The van der Waals surface area contributed by atoms with E-state index in [-0.39, 0.29) is 6.61 Å². The SMILES string of the molecule is CC1=C(C)N(c2ccc(Nc3nc4c(c(N(CCO)Cc5ccccc5)n3)CN(C)CC4)cc2)C=CCC1. The van der Waals surface area contributed by atoms with Gasteiger partial charge in [0.2, 0.25) is 5.95 Å². The molecule has 1 aromatic heterocycles. The Morgan fingerprint density at radius 3 is 2.55 bits per heavy atom. The van der Waals surface area contributed by atoms with Crippen molar-refractivity contribution < 1.29 is 5.11 Å². The van der Waals surface area contributed by atoms with Gasteiger partial charge in [-0.3, -0.25) is 0 Å². The number of fused-ring (bicyclic) bond motifs is 1. The van der Waals surface area contributed by atoms with Crippen LogP contribution in [-0.4, -0.2) is 46.7 Å². The Hall–Kier alpha value is -3.68. The molecule has 7 nitrogen and oxygen atoms in total. The van der Waals surface area contributed by atoms with Crippen molar-refractivity contribution in [1.29, 1.82) is 0 Å². The molecule has 0 fully saturated rings. The molecule has 0 amide bonds. The van der Waals surface area contributed by atoms with Crippen molar-refractivity contribution in [3.05, 3.63) is 95.0 Å². The summed E-state index contributed by atoms with van der Waals surface area (Å²) in [6.07, 6.45) is 7.46. The predicted molar refractivity (Wildman–Crippen MR) is 156 cm³/mol. The van der Waals surface area contributed by atoms with Crippen LogP contribution in [0.1, 0.15) is 43.5 Å². The minimum Gasteiger partial charge on any atom is -0.395 e. The zero-order valence-corrected chi connectivity index (χ0v) is 22.7. The number of hydrogen-bond donors (Lipinski definition) is 2. The first kappa shape index (κ1) is 25.9. The smallest absolute Gasteiger partial charge is 0.229 e. The highest BCUT2D eigenvalue weighted by molar-refractivity contribution is 5.64. The van der Waals surface area contributed by atoms with E-state index in [9.17, 15) is 5.11 Å². The second kappa shape index (κ2) is 11.8. The number of nitrogens with one attached hydrogen (secondary N) is 1. The third-order valence-corrected chi connectivity index (χ3v) is 7.44. The molecule has 0 bridgehead atoms. The summed E-state index contributed by atoms with van der Waals surface area (Å²) >= 11 is 0. The van der Waals surface area contributed by atoms with E-state index < -0.39 is 0 Å². The van der Waals surface area contributed by atoms with Crippen LogP contribution < -0.4 is 15.1 Å². The van der Waals surface area contributed by atoms with Crippen LogP contribution in [0.5, 0.6) is 0 Å². The number of nitrogens with zero attached hydrogens (tertiary/aromatic N) is 5. The maximum absolute atomic E-state index is 9.90. The van der Waals surface area contributed by atoms with Crippen LogP contribution in [0.3, 0.4) is 0 Å². The number of allylic oxidation sites excluding steroid dienone is 3. The summed E-state index contributed by atoms with van der Waals surface area (Å²) in [6, 6.07) is 18.8. The standard InChI is InChI=1S/C31H38N6O/c1-23-9-7-8-17-37(24(23)2)27-14-12-26(13-15-27)32-31-33-29-16-18-35(3)22-28(29)30(34-31)36(19-20-38)21-25-10-5-4-6-11-25/h4-6,8,10-15,17,38H,7,9,16,18-22H2,1-3H3,(H,32,33,34). The Labute approximate surface area is 226 Å². The molecule has 0 saturated carbocycles. The average molecular weight is 511 g/mol. The van der Waals surface area contributed by atoms with E-state index in [1.165, 1.54) is 16.8 Å². The fraction of sp³-hybridized carbons (Fsp3) is 0.355. The van der Waals surface area contributed by atoms with E-state index in [1.807, 2.05) is 18.2 Å². The molecule has 38 heavy (non-hydrogen) atoms. The number of aliphatic hydroxyl groups is 1. The second-order valence-corrected chi connectivity index (χ2v) is 10.2. The molecule has 0 spiro atoms. The van der Waals surface area contributed by atoms with Gasteiger partial charge in [0.05, 0.1) is 12.3 Å². The van der Waals surface area contributed by atoms with Crippen molar-refractivity contribution in [3.8, 4) is 0 Å². The van der Waals surface area contributed by atoms with E-state index in [4.69, 9.17) is 9.97 Å². The summed E-state index contributed by atoms with van der Waals surface area (Å²) in [4.78, 5) is 16.7. The lowest BCUT2D eigenvalue weighted by atomic mass is 10.1. The monoisotopic (exact) mass is 510 g/mol. The molecule has 3 heterocycles. The normalized spacial score (nSPS) is 15.8. The van der Waals surface area contributed by atoms with E-state index in [0.717, 1.165) is 60.8 Å². The Morgan fingerprint density at radius 2 is 1.79 bits per heavy atom. The van der Waals surface area contributed by atoms with E-state index in [1.54, 1.807) is 0 Å². The van der Waals surface area contributed by atoms with Gasteiger partial charge < -0.3 is 25.1 Å². The number of anilines is 4. The maximum atomic E-state index is 9.90. The molecule has 198 valence electrons. The predicted octanol–water partition coefficient (Wildman–Crippen LogP) is 5.61. The molecular formula is C31H38N6O. The lowest BCUT2D eigenvalue weighted by molar-refractivity contribution is 0.298. The van der Waals surface area contributed by atoms with Gasteiger partial charge in [0.15, 0.2) is 0 Å². The van der Waals surface area contributed by atoms with Gasteiger partial charge in [-0.15, -0.1) is 0 Å². The summed E-state index contributed by atoms with van der Waals surface area (Å²) in [5.41, 5.74) is 8.20. The first-order valence-electron chi connectivity index (χ1n) is 13.5. The van der Waals surface area contributed by atoms with Crippen molar-refractivity contribution in [2.24, 2.45) is 0 Å². The summed E-state index contributed by atoms with van der Waals surface area (Å²) in [6.45, 7) is 7.41. The summed E-state index contributed by atoms with van der Waals surface area (Å²) in [5.74, 6) is 1.48. The topological polar surface area (TPSA) is 67.8 Å². The number of rotatable bonds is 8. The number of hydrogen-bond acceptors (Lipinski definition) is 7. The van der Waals surface area contributed by atoms with Gasteiger partial charge in [-0.05, 0) is 63.6 Å². The fourth-order valence-electron chi connectivity index (χ4n) is 5.13. The van der Waals surface area contributed by atoms with Crippen molar-refractivity contribution in [2.45, 2.75) is 46.2 Å². The van der Waals surface area contributed by atoms with Gasteiger partial charge in [0, 0.05) is 61.4 Å². The molecule has 2 aromatic carbocycles. The highest BCUT2D eigenvalue weighted by Crippen LogP contribution is 2.31. The fourth-order valence-corrected chi connectivity index (χ4v) is 5.13. The van der Waals surface area contributed by atoms with Crippen LogP contribution in [0.25, 0.3) is 0 Å². The van der Waals surface area contributed by atoms with Crippen molar-refractivity contribution in [1.82, 2.24) is 14.9 Å². The zero-order chi connectivity index (χ0) is 26.5. The van der Waals surface area contributed by atoms with Crippen molar-refractivity contribution in [2.75, 3.05) is 41.9 Å². The quantitative estimate of drug-likeness (QED) is 0.408. The molecule has 7 heteroatoms. The van der Waals surface area contributed by atoms with Crippen LogP contribution in [0.4, 0.5) is 23.1 Å². The van der Waals surface area contributed by atoms with Gasteiger partial charge in [-0.25, -0.2) is 4.98 Å². The van der Waals surface area contributed by atoms with Crippen LogP contribution in [0.2, 0.25) is 0 Å². The zero-order valence-electron chi connectivity index (χ0n) is 22.7. The molecule has 0 saturated heterocycles. The Kier molecular flexibility index (Phi) is 8.05. The number of benzene rings is 2. The molecule has 0 unspecified atom stereocenters.